The molecule has 4 heteroatoms. The molecule has 3 unspecified atom stereocenters. The minimum atomic E-state index is -0.153. The van der Waals surface area contributed by atoms with Crippen LogP contribution in [0.4, 0.5) is 0 Å². The van der Waals surface area contributed by atoms with E-state index in [9.17, 15) is 4.79 Å². The first-order valence-electron chi connectivity index (χ1n) is 8.20. The Morgan fingerprint density at radius 1 is 1.35 bits per heavy atom. The average molecular weight is 296 g/mol. The molecule has 1 amide bonds. The highest BCUT2D eigenvalue weighted by Crippen LogP contribution is 2.46. The molecular weight excluding hydrogens is 268 g/mol. The molecule has 0 aromatic rings. The largest absolute Gasteiger partial charge is 0.321 e. The summed E-state index contributed by atoms with van der Waals surface area (Å²) in [6, 6.07) is 0.461. The zero-order valence-corrected chi connectivity index (χ0v) is 13.8. The molecule has 1 N–H and O–H groups in total. The van der Waals surface area contributed by atoms with Gasteiger partial charge in [0.2, 0.25) is 5.91 Å². The Balaban J connectivity index is 1.81. The third-order valence-corrected chi connectivity index (χ3v) is 6.35. The number of thioether (sulfide) groups is 1. The van der Waals surface area contributed by atoms with Gasteiger partial charge in [0.25, 0.3) is 0 Å². The molecule has 0 aromatic heterocycles. The van der Waals surface area contributed by atoms with Crippen molar-refractivity contribution in [3.63, 3.8) is 0 Å². The smallest absolute Gasteiger partial charge is 0.244 e. The zero-order valence-electron chi connectivity index (χ0n) is 13.0. The average Bonchev–Trinajstić information content (AvgIpc) is 3.14. The summed E-state index contributed by atoms with van der Waals surface area (Å²) in [6.07, 6.45) is 10.8. The second-order valence-corrected chi connectivity index (χ2v) is 8.29. The summed E-state index contributed by atoms with van der Waals surface area (Å²) in [7, 11) is 0. The summed E-state index contributed by atoms with van der Waals surface area (Å²) in [5.41, 5.74) is -0.153. The minimum absolute atomic E-state index is 0.153. The molecule has 20 heavy (non-hydrogen) atoms. The fourth-order valence-corrected chi connectivity index (χ4v) is 4.98. The topological polar surface area (TPSA) is 32.3 Å². The quantitative estimate of drug-likeness (QED) is 0.865. The molecule has 3 nitrogen and oxygen atoms in total. The van der Waals surface area contributed by atoms with Crippen LogP contribution in [0.25, 0.3) is 0 Å². The van der Waals surface area contributed by atoms with Crippen LogP contribution < -0.4 is 5.32 Å². The van der Waals surface area contributed by atoms with Gasteiger partial charge >= 0.3 is 0 Å². The first-order valence-corrected chi connectivity index (χ1v) is 9.49. The van der Waals surface area contributed by atoms with Gasteiger partial charge in [0.1, 0.15) is 0 Å². The van der Waals surface area contributed by atoms with Crippen LogP contribution in [0.5, 0.6) is 0 Å². The van der Waals surface area contributed by atoms with Crippen LogP contribution >= 0.6 is 11.8 Å². The molecule has 3 atom stereocenters. The number of amides is 1. The van der Waals surface area contributed by atoms with Crippen LogP contribution in [0.3, 0.4) is 0 Å². The first kappa shape index (κ1) is 14.7. The molecule has 2 saturated carbocycles. The molecule has 2 aliphatic carbocycles. The van der Waals surface area contributed by atoms with Crippen molar-refractivity contribution in [2.45, 2.75) is 81.8 Å². The van der Waals surface area contributed by atoms with E-state index in [2.05, 4.69) is 30.3 Å². The monoisotopic (exact) mass is 296 g/mol. The number of hydrogen-bond acceptors (Lipinski definition) is 3. The maximum Gasteiger partial charge on any atom is 0.244 e. The Kier molecular flexibility index (Phi) is 4.06. The lowest BCUT2D eigenvalue weighted by molar-refractivity contribution is -0.133. The molecule has 0 aromatic carbocycles. The summed E-state index contributed by atoms with van der Waals surface area (Å²) in [5, 5.41) is 4.32. The van der Waals surface area contributed by atoms with E-state index in [0.717, 1.165) is 19.3 Å². The predicted molar refractivity (Wildman–Crippen MR) is 84.7 cm³/mol. The van der Waals surface area contributed by atoms with Gasteiger partial charge in [0.15, 0.2) is 0 Å². The molecule has 1 aliphatic heterocycles. The Bertz CT molecular complexity index is 381. The minimum Gasteiger partial charge on any atom is -0.321 e. The van der Waals surface area contributed by atoms with E-state index in [1.807, 2.05) is 11.8 Å². The van der Waals surface area contributed by atoms with Gasteiger partial charge in [-0.1, -0.05) is 26.7 Å². The van der Waals surface area contributed by atoms with Gasteiger partial charge in [-0.3, -0.25) is 10.1 Å². The van der Waals surface area contributed by atoms with Crippen LogP contribution in [0, 0.1) is 5.92 Å². The number of rotatable bonds is 4. The molecule has 1 heterocycles. The number of carbonyl (C=O) groups excluding carboxylic acids is 1. The van der Waals surface area contributed by atoms with Crippen LogP contribution in [0.2, 0.25) is 0 Å². The molecule has 1 spiro atoms. The lowest BCUT2D eigenvalue weighted by Crippen LogP contribution is -2.50. The summed E-state index contributed by atoms with van der Waals surface area (Å²) in [4.78, 5) is 15.2. The molecule has 114 valence electrons. The van der Waals surface area contributed by atoms with Crippen molar-refractivity contribution in [2.75, 3.05) is 6.26 Å². The first-order chi connectivity index (χ1) is 9.57. The van der Waals surface area contributed by atoms with E-state index < -0.39 is 0 Å². The van der Waals surface area contributed by atoms with Crippen molar-refractivity contribution in [1.29, 1.82) is 0 Å². The summed E-state index contributed by atoms with van der Waals surface area (Å²) >= 11 is 1.96. The fourth-order valence-electron chi connectivity index (χ4n) is 3.99. The van der Waals surface area contributed by atoms with Crippen molar-refractivity contribution >= 4 is 17.7 Å². The second kappa shape index (κ2) is 5.53. The third kappa shape index (κ3) is 2.50. The van der Waals surface area contributed by atoms with Crippen molar-refractivity contribution in [1.82, 2.24) is 10.2 Å². The Hall–Kier alpha value is -0.220. The standard InChI is InChI=1S/C16H28N2OS/c1-11(2)10-14-17-16(8-9-16)15(19)18(14)12-6-4-5-7-13(12)20-3/h11-14,17H,4-10H2,1-3H3. The molecule has 0 bridgehead atoms. The van der Waals surface area contributed by atoms with Gasteiger partial charge in [-0.25, -0.2) is 0 Å². The number of carbonyl (C=O) groups is 1. The number of nitrogens with one attached hydrogen (secondary N) is 1. The number of hydrogen-bond donors (Lipinski definition) is 1. The van der Waals surface area contributed by atoms with E-state index in [4.69, 9.17) is 0 Å². The van der Waals surface area contributed by atoms with E-state index in [-0.39, 0.29) is 11.7 Å². The van der Waals surface area contributed by atoms with E-state index in [1.54, 1.807) is 0 Å². The lowest BCUT2D eigenvalue weighted by atomic mass is 9.92. The molecule has 3 aliphatic rings. The summed E-state index contributed by atoms with van der Waals surface area (Å²) < 4.78 is 0. The SMILES string of the molecule is CSC1CCCCC1N1C(=O)C2(CC2)NC1CC(C)C. The number of nitrogens with zero attached hydrogens (tertiary/aromatic N) is 1. The Labute approximate surface area is 127 Å². The van der Waals surface area contributed by atoms with Gasteiger partial charge in [-0.2, -0.15) is 11.8 Å². The van der Waals surface area contributed by atoms with Gasteiger partial charge in [-0.05, 0) is 44.3 Å². The molecule has 0 radical (unpaired) electrons. The van der Waals surface area contributed by atoms with Gasteiger partial charge < -0.3 is 4.90 Å². The predicted octanol–water partition coefficient (Wildman–Crippen LogP) is 3.00. The fraction of sp³-hybridized carbons (Fsp3) is 0.938. The van der Waals surface area contributed by atoms with E-state index in [1.165, 1.54) is 25.7 Å². The van der Waals surface area contributed by atoms with E-state index in [0.29, 0.717) is 23.1 Å². The second-order valence-electron chi connectivity index (χ2n) is 7.21. The molecular formula is C16H28N2OS. The van der Waals surface area contributed by atoms with Crippen molar-refractivity contribution in [3.05, 3.63) is 0 Å². The molecule has 3 fully saturated rings. The van der Waals surface area contributed by atoms with E-state index >= 15 is 0 Å². The summed E-state index contributed by atoms with van der Waals surface area (Å²) in [5.74, 6) is 1.04. The van der Waals surface area contributed by atoms with Crippen molar-refractivity contribution in [2.24, 2.45) is 5.92 Å². The molecule has 1 saturated heterocycles. The van der Waals surface area contributed by atoms with Gasteiger partial charge in [0, 0.05) is 11.3 Å². The zero-order chi connectivity index (χ0) is 14.3. The maximum atomic E-state index is 12.9. The normalized spacial score (nSPS) is 36.1. The lowest BCUT2D eigenvalue weighted by Gasteiger charge is -2.40. The summed E-state index contributed by atoms with van der Waals surface area (Å²) in [6.45, 7) is 4.52. The highest BCUT2D eigenvalue weighted by Gasteiger charge is 2.60. The van der Waals surface area contributed by atoms with Gasteiger partial charge in [-0.15, -0.1) is 0 Å². The van der Waals surface area contributed by atoms with Gasteiger partial charge in [0.05, 0.1) is 11.7 Å². The Morgan fingerprint density at radius 2 is 2.05 bits per heavy atom. The van der Waals surface area contributed by atoms with Crippen LogP contribution in [-0.2, 0) is 4.79 Å². The third-order valence-electron chi connectivity index (χ3n) is 5.19. The molecule has 3 rings (SSSR count). The van der Waals surface area contributed by atoms with Crippen LogP contribution in [-0.4, -0.2) is 40.1 Å². The van der Waals surface area contributed by atoms with Crippen LogP contribution in [0.1, 0.15) is 58.8 Å². The van der Waals surface area contributed by atoms with Crippen molar-refractivity contribution < 1.29 is 4.79 Å². The van der Waals surface area contributed by atoms with Crippen molar-refractivity contribution in [3.8, 4) is 0 Å². The maximum absolute atomic E-state index is 12.9. The Morgan fingerprint density at radius 3 is 2.65 bits per heavy atom. The van der Waals surface area contributed by atoms with Crippen LogP contribution in [0.15, 0.2) is 0 Å². The highest BCUT2D eigenvalue weighted by atomic mass is 32.2. The highest BCUT2D eigenvalue weighted by molar-refractivity contribution is 7.99.